The van der Waals surface area contributed by atoms with Crippen molar-refractivity contribution in [2.24, 2.45) is 5.92 Å². The van der Waals surface area contributed by atoms with E-state index < -0.39 is 12.1 Å². The highest BCUT2D eigenvalue weighted by Crippen LogP contribution is 2.39. The molecule has 2 aliphatic rings. The normalized spacial score (nSPS) is 26.2. The molecule has 26 heavy (non-hydrogen) atoms. The van der Waals surface area contributed by atoms with E-state index in [1.54, 1.807) is 16.2 Å². The smallest absolute Gasteiger partial charge is 0.334 e. The zero-order valence-corrected chi connectivity index (χ0v) is 15.0. The first kappa shape index (κ1) is 17.2. The number of benzene rings is 1. The van der Waals surface area contributed by atoms with Crippen molar-refractivity contribution in [2.75, 3.05) is 19.7 Å². The second-order valence-corrected chi connectivity index (χ2v) is 7.72. The molecule has 1 aromatic carbocycles. The fraction of sp³-hybridized carbons (Fsp3) is 0.421. The van der Waals surface area contributed by atoms with Gasteiger partial charge in [0.15, 0.2) is 6.10 Å². The largest absolute Gasteiger partial charge is 0.479 e. The first-order valence-electron chi connectivity index (χ1n) is 8.77. The van der Waals surface area contributed by atoms with Gasteiger partial charge in [-0.1, -0.05) is 24.3 Å². The van der Waals surface area contributed by atoms with E-state index in [0.717, 1.165) is 21.6 Å². The molecule has 7 heteroatoms. The predicted octanol–water partition coefficient (Wildman–Crippen LogP) is 2.66. The molecule has 1 fully saturated rings. The standard InChI is InChI=1S/C19H20N2O4S/c22-18(21-9-10-25-15(11-21)19(23)24)13-6-2-1-5-12(13)17-20-14-7-3-4-8-16(14)26-17/h1-4,7-8,12-13,15H,5-6,9-11H2,(H,23,24)/t12-,13+,15-/m0/s1. The molecule has 1 aromatic heterocycles. The molecule has 2 heterocycles. The molecular formula is C19H20N2O4S. The molecule has 0 bridgehead atoms. The molecule has 2 aromatic rings. The van der Waals surface area contributed by atoms with Gasteiger partial charge < -0.3 is 14.7 Å². The molecule has 6 nitrogen and oxygen atoms in total. The number of carboxylic acids is 1. The highest BCUT2D eigenvalue weighted by Gasteiger charge is 2.37. The maximum Gasteiger partial charge on any atom is 0.334 e. The van der Waals surface area contributed by atoms with Crippen LogP contribution in [0.5, 0.6) is 0 Å². The van der Waals surface area contributed by atoms with Crippen LogP contribution < -0.4 is 0 Å². The SMILES string of the molecule is O=C(O)[C@@H]1CN(C(=O)[C@@H]2CC=CC[C@@H]2c2nc3ccccc3s2)CCO1. The number of nitrogens with zero attached hydrogens (tertiary/aromatic N) is 2. The number of hydrogen-bond acceptors (Lipinski definition) is 5. The summed E-state index contributed by atoms with van der Waals surface area (Å²) in [4.78, 5) is 30.7. The van der Waals surface area contributed by atoms with Gasteiger partial charge in [-0.3, -0.25) is 4.79 Å². The topological polar surface area (TPSA) is 79.7 Å². The van der Waals surface area contributed by atoms with Gasteiger partial charge in [0.1, 0.15) is 0 Å². The first-order valence-corrected chi connectivity index (χ1v) is 9.59. The molecule has 1 amide bonds. The van der Waals surface area contributed by atoms with Crippen LogP contribution in [-0.2, 0) is 14.3 Å². The number of morpholine rings is 1. The van der Waals surface area contributed by atoms with Crippen molar-refractivity contribution < 1.29 is 19.4 Å². The van der Waals surface area contributed by atoms with Gasteiger partial charge in [-0.15, -0.1) is 11.3 Å². The maximum absolute atomic E-state index is 13.1. The molecule has 136 valence electrons. The summed E-state index contributed by atoms with van der Waals surface area (Å²) >= 11 is 1.64. The van der Waals surface area contributed by atoms with E-state index in [-0.39, 0.29) is 30.9 Å². The van der Waals surface area contributed by atoms with E-state index >= 15 is 0 Å². The summed E-state index contributed by atoms with van der Waals surface area (Å²) in [5, 5.41) is 10.2. The summed E-state index contributed by atoms with van der Waals surface area (Å²) in [5.41, 5.74) is 0.963. The van der Waals surface area contributed by atoms with Crippen LogP contribution in [0.25, 0.3) is 10.2 Å². The Labute approximate surface area is 155 Å². The maximum atomic E-state index is 13.1. The summed E-state index contributed by atoms with van der Waals surface area (Å²) < 4.78 is 6.37. The number of aromatic nitrogens is 1. The summed E-state index contributed by atoms with van der Waals surface area (Å²) in [6.45, 7) is 0.813. The number of carbonyl (C=O) groups excluding carboxylic acids is 1. The van der Waals surface area contributed by atoms with Gasteiger partial charge in [0.25, 0.3) is 0 Å². The van der Waals surface area contributed by atoms with Crippen LogP contribution in [0.15, 0.2) is 36.4 Å². The van der Waals surface area contributed by atoms with E-state index in [0.29, 0.717) is 13.0 Å². The fourth-order valence-electron chi connectivity index (χ4n) is 3.64. The number of allylic oxidation sites excluding steroid dienone is 2. The second-order valence-electron chi connectivity index (χ2n) is 6.66. The van der Waals surface area contributed by atoms with E-state index in [1.165, 1.54) is 0 Å². The number of fused-ring (bicyclic) bond motifs is 1. The quantitative estimate of drug-likeness (QED) is 0.838. The van der Waals surface area contributed by atoms with E-state index in [1.807, 2.05) is 30.3 Å². The van der Waals surface area contributed by atoms with Gasteiger partial charge in [-0.25, -0.2) is 9.78 Å². The summed E-state index contributed by atoms with van der Waals surface area (Å²) in [5.74, 6) is -1.17. The van der Waals surface area contributed by atoms with Crippen LogP contribution in [0.2, 0.25) is 0 Å². The Morgan fingerprint density at radius 1 is 1.23 bits per heavy atom. The van der Waals surface area contributed by atoms with Crippen molar-refractivity contribution in [1.29, 1.82) is 0 Å². The Kier molecular flexibility index (Phi) is 4.74. The van der Waals surface area contributed by atoms with Gasteiger partial charge in [0.2, 0.25) is 5.91 Å². The molecular weight excluding hydrogens is 352 g/mol. The number of para-hydroxylation sites is 1. The molecule has 1 aliphatic heterocycles. The van der Waals surface area contributed by atoms with Crippen LogP contribution in [-0.4, -0.2) is 52.7 Å². The molecule has 0 saturated carbocycles. The molecule has 3 atom stereocenters. The van der Waals surface area contributed by atoms with Crippen LogP contribution in [0.3, 0.4) is 0 Å². The molecule has 0 radical (unpaired) electrons. The van der Waals surface area contributed by atoms with Crippen molar-refractivity contribution in [3.05, 3.63) is 41.4 Å². The monoisotopic (exact) mass is 372 g/mol. The molecule has 0 unspecified atom stereocenters. The third-order valence-electron chi connectivity index (χ3n) is 5.03. The number of carbonyl (C=O) groups is 2. The van der Waals surface area contributed by atoms with Crippen LogP contribution in [0.4, 0.5) is 0 Å². The Hall–Kier alpha value is -2.25. The van der Waals surface area contributed by atoms with Crippen molar-refractivity contribution >= 4 is 33.4 Å². The predicted molar refractivity (Wildman–Crippen MR) is 98.2 cm³/mol. The lowest BCUT2D eigenvalue weighted by atomic mass is 9.82. The molecule has 1 aliphatic carbocycles. The Balaban J connectivity index is 1.58. The lowest BCUT2D eigenvalue weighted by Gasteiger charge is -2.36. The Morgan fingerprint density at radius 3 is 2.85 bits per heavy atom. The highest BCUT2D eigenvalue weighted by molar-refractivity contribution is 7.18. The lowest BCUT2D eigenvalue weighted by molar-refractivity contribution is -0.160. The second kappa shape index (κ2) is 7.17. The van der Waals surface area contributed by atoms with Gasteiger partial charge in [-0.05, 0) is 25.0 Å². The average molecular weight is 372 g/mol. The van der Waals surface area contributed by atoms with Gasteiger partial charge in [-0.2, -0.15) is 0 Å². The van der Waals surface area contributed by atoms with Crippen LogP contribution >= 0.6 is 11.3 Å². The van der Waals surface area contributed by atoms with Crippen LogP contribution in [0.1, 0.15) is 23.8 Å². The molecule has 0 spiro atoms. The lowest BCUT2D eigenvalue weighted by Crippen LogP contribution is -2.51. The number of rotatable bonds is 3. The van der Waals surface area contributed by atoms with Crippen molar-refractivity contribution in [2.45, 2.75) is 24.9 Å². The van der Waals surface area contributed by atoms with Crippen LogP contribution in [0, 0.1) is 5.92 Å². The van der Waals surface area contributed by atoms with Crippen molar-refractivity contribution in [3.8, 4) is 0 Å². The minimum atomic E-state index is -1.02. The number of amides is 1. The molecule has 4 rings (SSSR count). The minimum Gasteiger partial charge on any atom is -0.479 e. The third-order valence-corrected chi connectivity index (χ3v) is 6.20. The highest BCUT2D eigenvalue weighted by atomic mass is 32.1. The number of aliphatic carboxylic acids is 1. The summed E-state index contributed by atoms with van der Waals surface area (Å²) in [6, 6.07) is 8.00. The fourth-order valence-corrected chi connectivity index (χ4v) is 4.79. The third kappa shape index (κ3) is 3.24. The summed E-state index contributed by atoms with van der Waals surface area (Å²) in [6.07, 6.45) is 4.66. The first-order chi connectivity index (χ1) is 12.6. The summed E-state index contributed by atoms with van der Waals surface area (Å²) in [7, 11) is 0. The number of ether oxygens (including phenoxy) is 1. The Morgan fingerprint density at radius 2 is 2.04 bits per heavy atom. The zero-order valence-electron chi connectivity index (χ0n) is 14.2. The van der Waals surface area contributed by atoms with E-state index in [9.17, 15) is 14.7 Å². The number of carboxylic acid groups (broad SMARTS) is 1. The molecule has 1 saturated heterocycles. The van der Waals surface area contributed by atoms with Crippen molar-refractivity contribution in [1.82, 2.24) is 9.88 Å². The average Bonchev–Trinajstić information content (AvgIpc) is 3.11. The van der Waals surface area contributed by atoms with E-state index in [4.69, 9.17) is 9.72 Å². The number of hydrogen-bond donors (Lipinski definition) is 1. The van der Waals surface area contributed by atoms with Gasteiger partial charge in [0, 0.05) is 12.5 Å². The van der Waals surface area contributed by atoms with Gasteiger partial charge in [0.05, 0.1) is 34.3 Å². The number of thiazole rings is 1. The minimum absolute atomic E-state index is 0.00755. The van der Waals surface area contributed by atoms with E-state index in [2.05, 4.69) is 6.08 Å². The van der Waals surface area contributed by atoms with Gasteiger partial charge >= 0.3 is 5.97 Å². The zero-order chi connectivity index (χ0) is 18.1. The van der Waals surface area contributed by atoms with Crippen molar-refractivity contribution in [3.63, 3.8) is 0 Å². The Bertz CT molecular complexity index is 829. The molecule has 1 N–H and O–H groups in total.